The van der Waals surface area contributed by atoms with Gasteiger partial charge in [-0.3, -0.25) is 0 Å². The maximum absolute atomic E-state index is 15.0. The minimum Gasteiger partial charge on any atom is -0.494 e. The Morgan fingerprint density at radius 2 is 1.52 bits per heavy atom. The molecule has 0 aromatic heterocycles. The zero-order valence-corrected chi connectivity index (χ0v) is 14.9. The molecule has 0 amide bonds. The van der Waals surface area contributed by atoms with Crippen LogP contribution in [0.3, 0.4) is 0 Å². The maximum atomic E-state index is 15.0. The minimum atomic E-state index is -1.80. The van der Waals surface area contributed by atoms with Crippen molar-refractivity contribution in [2.45, 2.75) is 5.60 Å². The van der Waals surface area contributed by atoms with E-state index in [2.05, 4.69) is 0 Å². The van der Waals surface area contributed by atoms with E-state index in [1.54, 1.807) is 54.6 Å². The zero-order chi connectivity index (χ0) is 18.0. The van der Waals surface area contributed by atoms with E-state index in [9.17, 15) is 9.50 Å². The summed E-state index contributed by atoms with van der Waals surface area (Å²) in [7, 11) is 1.37. The molecule has 0 bridgehead atoms. The van der Waals surface area contributed by atoms with Crippen molar-refractivity contribution >= 4 is 23.2 Å². The van der Waals surface area contributed by atoms with Gasteiger partial charge in [-0.15, -0.1) is 0 Å². The van der Waals surface area contributed by atoms with Gasteiger partial charge in [-0.25, -0.2) is 4.39 Å². The van der Waals surface area contributed by atoms with Crippen molar-refractivity contribution in [2.75, 3.05) is 7.11 Å². The van der Waals surface area contributed by atoms with Gasteiger partial charge in [-0.05, 0) is 29.8 Å². The van der Waals surface area contributed by atoms with E-state index in [-0.39, 0.29) is 11.3 Å². The molecule has 0 heterocycles. The first-order valence-corrected chi connectivity index (χ1v) is 8.30. The number of halogens is 3. The van der Waals surface area contributed by atoms with E-state index < -0.39 is 11.4 Å². The van der Waals surface area contributed by atoms with Crippen LogP contribution >= 0.6 is 23.2 Å². The second kappa shape index (κ2) is 7.04. The summed E-state index contributed by atoms with van der Waals surface area (Å²) < 4.78 is 20.1. The van der Waals surface area contributed by atoms with E-state index in [4.69, 9.17) is 27.9 Å². The normalized spacial score (nSPS) is 13.3. The summed E-state index contributed by atoms with van der Waals surface area (Å²) in [6.07, 6.45) is 0. The summed E-state index contributed by atoms with van der Waals surface area (Å²) in [6, 6.07) is 18.0. The predicted molar refractivity (Wildman–Crippen MR) is 98.0 cm³/mol. The molecule has 3 rings (SSSR count). The lowest BCUT2D eigenvalue weighted by Gasteiger charge is -2.31. The van der Waals surface area contributed by atoms with Gasteiger partial charge >= 0.3 is 0 Å². The molecule has 3 aromatic carbocycles. The maximum Gasteiger partial charge on any atom is 0.171 e. The van der Waals surface area contributed by atoms with Gasteiger partial charge in [0.05, 0.1) is 7.11 Å². The Balaban J connectivity index is 2.34. The average Bonchev–Trinajstić information content (AvgIpc) is 2.62. The molecule has 0 spiro atoms. The monoisotopic (exact) mass is 376 g/mol. The summed E-state index contributed by atoms with van der Waals surface area (Å²) >= 11 is 12.3. The highest BCUT2D eigenvalue weighted by Crippen LogP contribution is 2.42. The fourth-order valence-electron chi connectivity index (χ4n) is 2.85. The lowest BCUT2D eigenvalue weighted by atomic mass is 9.80. The number of ether oxygens (including phenoxy) is 1. The molecule has 5 heteroatoms. The Bertz CT molecular complexity index is 896. The van der Waals surface area contributed by atoms with E-state index in [0.29, 0.717) is 21.2 Å². The van der Waals surface area contributed by atoms with Crippen molar-refractivity contribution in [1.29, 1.82) is 0 Å². The van der Waals surface area contributed by atoms with Gasteiger partial charge in [0.15, 0.2) is 11.6 Å². The molecule has 2 nitrogen and oxygen atoms in total. The standard InChI is InChI=1S/C20H15Cl2FO2/c1-25-18-8-4-6-16(19(18)23)20(24,13-9-11-14(21)12-10-13)15-5-2-3-7-17(15)22/h2-12,24H,1H3. The van der Waals surface area contributed by atoms with Crippen LogP contribution in [0.5, 0.6) is 5.75 Å². The third-order valence-electron chi connectivity index (χ3n) is 4.10. The Morgan fingerprint density at radius 1 is 0.880 bits per heavy atom. The molecule has 1 unspecified atom stereocenters. The van der Waals surface area contributed by atoms with Crippen LogP contribution in [0.15, 0.2) is 66.7 Å². The highest BCUT2D eigenvalue weighted by molar-refractivity contribution is 6.31. The number of rotatable bonds is 4. The third kappa shape index (κ3) is 3.11. The molecule has 0 aliphatic carbocycles. The van der Waals surface area contributed by atoms with Crippen LogP contribution in [-0.2, 0) is 5.60 Å². The van der Waals surface area contributed by atoms with Gasteiger partial charge in [-0.1, -0.05) is 65.7 Å². The van der Waals surface area contributed by atoms with Crippen LogP contribution in [-0.4, -0.2) is 12.2 Å². The van der Waals surface area contributed by atoms with Crippen LogP contribution in [0, 0.1) is 5.82 Å². The third-order valence-corrected chi connectivity index (χ3v) is 4.68. The molecule has 0 saturated heterocycles. The van der Waals surface area contributed by atoms with Gasteiger partial charge in [0, 0.05) is 21.2 Å². The van der Waals surface area contributed by atoms with Crippen molar-refractivity contribution in [2.24, 2.45) is 0 Å². The van der Waals surface area contributed by atoms with Crippen LogP contribution in [0.2, 0.25) is 10.0 Å². The minimum absolute atomic E-state index is 0.0388. The Kier molecular flexibility index (Phi) is 5.00. The van der Waals surface area contributed by atoms with Crippen LogP contribution in [0.4, 0.5) is 4.39 Å². The molecular formula is C20H15Cl2FO2. The molecule has 1 atom stereocenters. The van der Waals surface area contributed by atoms with Crippen LogP contribution in [0.25, 0.3) is 0 Å². The fraction of sp³-hybridized carbons (Fsp3) is 0.100. The lowest BCUT2D eigenvalue weighted by molar-refractivity contribution is 0.120. The van der Waals surface area contributed by atoms with Crippen molar-refractivity contribution in [3.8, 4) is 5.75 Å². The Labute approximate surface area is 155 Å². The first-order chi connectivity index (χ1) is 12.0. The van der Waals surface area contributed by atoms with E-state index in [0.717, 1.165) is 0 Å². The first kappa shape index (κ1) is 17.7. The van der Waals surface area contributed by atoms with E-state index >= 15 is 0 Å². The van der Waals surface area contributed by atoms with Gasteiger partial charge in [0.1, 0.15) is 5.60 Å². The summed E-state index contributed by atoms with van der Waals surface area (Å²) in [6.45, 7) is 0. The van der Waals surface area contributed by atoms with Crippen molar-refractivity contribution in [1.82, 2.24) is 0 Å². The molecule has 128 valence electrons. The molecule has 0 fully saturated rings. The largest absolute Gasteiger partial charge is 0.494 e. The van der Waals surface area contributed by atoms with Gasteiger partial charge in [0.2, 0.25) is 0 Å². The Hall–Kier alpha value is -2.07. The average molecular weight is 377 g/mol. The van der Waals surface area contributed by atoms with Crippen molar-refractivity contribution < 1.29 is 14.2 Å². The molecule has 0 saturated carbocycles. The van der Waals surface area contributed by atoms with Crippen LogP contribution in [0.1, 0.15) is 16.7 Å². The smallest absolute Gasteiger partial charge is 0.171 e. The molecule has 1 N–H and O–H groups in total. The summed E-state index contributed by atoms with van der Waals surface area (Å²) in [5.41, 5.74) is -0.952. The summed E-state index contributed by atoms with van der Waals surface area (Å²) in [5.74, 6) is -0.612. The van der Waals surface area contributed by atoms with Gasteiger partial charge < -0.3 is 9.84 Å². The number of aliphatic hydroxyl groups is 1. The summed E-state index contributed by atoms with van der Waals surface area (Å²) in [4.78, 5) is 0. The second-order valence-electron chi connectivity index (χ2n) is 5.52. The number of methoxy groups -OCH3 is 1. The molecule has 25 heavy (non-hydrogen) atoms. The topological polar surface area (TPSA) is 29.5 Å². The molecule has 0 aliphatic rings. The second-order valence-corrected chi connectivity index (χ2v) is 6.36. The molecule has 0 aliphatic heterocycles. The molecule has 0 radical (unpaired) electrons. The quantitative estimate of drug-likeness (QED) is 0.615. The highest BCUT2D eigenvalue weighted by Gasteiger charge is 2.38. The van der Waals surface area contributed by atoms with Crippen molar-refractivity contribution in [3.63, 3.8) is 0 Å². The predicted octanol–water partition coefficient (Wildman–Crippen LogP) is 5.43. The summed E-state index contributed by atoms with van der Waals surface area (Å²) in [5, 5.41) is 12.5. The molecule has 3 aromatic rings. The zero-order valence-electron chi connectivity index (χ0n) is 13.3. The highest BCUT2D eigenvalue weighted by atomic mass is 35.5. The van der Waals surface area contributed by atoms with Crippen molar-refractivity contribution in [3.05, 3.63) is 99.3 Å². The van der Waals surface area contributed by atoms with E-state index in [1.165, 1.54) is 19.2 Å². The number of hydrogen-bond acceptors (Lipinski definition) is 2. The Morgan fingerprint density at radius 3 is 2.16 bits per heavy atom. The first-order valence-electron chi connectivity index (χ1n) is 7.55. The molecular weight excluding hydrogens is 362 g/mol. The van der Waals surface area contributed by atoms with Gasteiger partial charge in [-0.2, -0.15) is 0 Å². The number of benzene rings is 3. The van der Waals surface area contributed by atoms with E-state index in [1.807, 2.05) is 0 Å². The lowest BCUT2D eigenvalue weighted by Crippen LogP contribution is -2.30. The number of hydrogen-bond donors (Lipinski definition) is 1. The van der Waals surface area contributed by atoms with Gasteiger partial charge in [0.25, 0.3) is 0 Å². The van der Waals surface area contributed by atoms with Crippen LogP contribution < -0.4 is 4.74 Å². The fourth-order valence-corrected chi connectivity index (χ4v) is 3.25. The SMILES string of the molecule is COc1cccc(C(O)(c2ccc(Cl)cc2)c2ccccc2Cl)c1F.